The number of aliphatic hydroxyl groups is 1. The fourth-order valence-electron chi connectivity index (χ4n) is 2.84. The van der Waals surface area contributed by atoms with Crippen LogP contribution in [0.4, 0.5) is 0 Å². The van der Waals surface area contributed by atoms with Gasteiger partial charge in [-0.3, -0.25) is 9.80 Å². The first-order valence-electron chi connectivity index (χ1n) is 7.56. The van der Waals surface area contributed by atoms with E-state index in [1.165, 1.54) is 5.56 Å². The van der Waals surface area contributed by atoms with Crippen molar-refractivity contribution >= 4 is 0 Å². The minimum Gasteiger partial charge on any atom is -0.374 e. The number of nitrogens with zero attached hydrogens (tertiary/aromatic N) is 2. The van der Waals surface area contributed by atoms with E-state index in [-0.39, 0.29) is 0 Å². The lowest BCUT2D eigenvalue weighted by atomic mass is 10.1. The summed E-state index contributed by atoms with van der Waals surface area (Å²) in [5, 5.41) is 10.4. The molecule has 0 bridgehead atoms. The highest BCUT2D eigenvalue weighted by molar-refractivity contribution is 5.17. The van der Waals surface area contributed by atoms with Gasteiger partial charge in [0.15, 0.2) is 0 Å². The van der Waals surface area contributed by atoms with Crippen LogP contribution in [0.25, 0.3) is 0 Å². The maximum absolute atomic E-state index is 10.4. The van der Waals surface area contributed by atoms with Crippen molar-refractivity contribution < 1.29 is 5.11 Å². The summed E-state index contributed by atoms with van der Waals surface area (Å²) in [6.45, 7) is 4.81. The maximum atomic E-state index is 10.4. The van der Waals surface area contributed by atoms with Crippen molar-refractivity contribution in [2.75, 3.05) is 26.2 Å². The van der Waals surface area contributed by atoms with E-state index < -0.39 is 6.23 Å². The van der Waals surface area contributed by atoms with Crippen LogP contribution >= 0.6 is 0 Å². The molecular weight excluding hydrogens is 260 g/mol. The highest BCUT2D eigenvalue weighted by Gasteiger charge is 2.23. The predicted molar refractivity (Wildman–Crippen MR) is 84.7 cm³/mol. The quantitative estimate of drug-likeness (QED) is 0.933. The number of aliphatic hydroxyl groups excluding tert-OH is 1. The molecule has 0 aromatic heterocycles. The van der Waals surface area contributed by atoms with Crippen LogP contribution < -0.4 is 0 Å². The zero-order valence-corrected chi connectivity index (χ0v) is 12.2. The van der Waals surface area contributed by atoms with E-state index in [4.69, 9.17) is 0 Å². The van der Waals surface area contributed by atoms with Gasteiger partial charge in [-0.1, -0.05) is 60.7 Å². The second-order valence-electron chi connectivity index (χ2n) is 5.58. The third-order valence-corrected chi connectivity index (χ3v) is 4.10. The van der Waals surface area contributed by atoms with Crippen LogP contribution in [0.3, 0.4) is 0 Å². The van der Waals surface area contributed by atoms with E-state index in [9.17, 15) is 5.11 Å². The second kappa shape index (κ2) is 6.85. The Morgan fingerprint density at radius 3 is 2.00 bits per heavy atom. The average Bonchev–Trinajstić information content (AvgIpc) is 2.57. The van der Waals surface area contributed by atoms with Crippen LogP contribution in [0.2, 0.25) is 0 Å². The van der Waals surface area contributed by atoms with E-state index in [2.05, 4.69) is 40.1 Å². The third-order valence-electron chi connectivity index (χ3n) is 4.10. The molecule has 1 aliphatic rings. The Morgan fingerprint density at radius 2 is 1.38 bits per heavy atom. The molecule has 0 spiro atoms. The van der Waals surface area contributed by atoms with Crippen molar-refractivity contribution in [3.05, 3.63) is 71.8 Å². The molecule has 2 aromatic carbocycles. The van der Waals surface area contributed by atoms with Crippen molar-refractivity contribution in [3.63, 3.8) is 0 Å². The molecule has 1 heterocycles. The first-order chi connectivity index (χ1) is 10.3. The molecule has 3 nitrogen and oxygen atoms in total. The standard InChI is InChI=1S/C18H22N2O/c21-18(17-9-5-2-6-10-17)20-13-11-19(12-14-20)15-16-7-3-1-4-8-16/h1-10,18,21H,11-15H2. The molecule has 3 rings (SSSR count). The van der Waals surface area contributed by atoms with Gasteiger partial charge in [-0.15, -0.1) is 0 Å². The van der Waals surface area contributed by atoms with Gasteiger partial charge < -0.3 is 5.11 Å². The Kier molecular flexibility index (Phi) is 4.65. The molecule has 1 N–H and O–H groups in total. The molecule has 110 valence electrons. The summed E-state index contributed by atoms with van der Waals surface area (Å²) >= 11 is 0. The van der Waals surface area contributed by atoms with Crippen LogP contribution in [0.15, 0.2) is 60.7 Å². The Bertz CT molecular complexity index is 536. The molecule has 1 unspecified atom stereocenters. The summed E-state index contributed by atoms with van der Waals surface area (Å²) in [6.07, 6.45) is -0.481. The molecule has 0 saturated carbocycles. The normalized spacial score (nSPS) is 18.5. The Balaban J connectivity index is 1.53. The molecular formula is C18H22N2O. The van der Waals surface area contributed by atoms with E-state index in [0.717, 1.165) is 38.3 Å². The van der Waals surface area contributed by atoms with Gasteiger partial charge in [0.2, 0.25) is 0 Å². The summed E-state index contributed by atoms with van der Waals surface area (Å²) in [6, 6.07) is 20.5. The summed E-state index contributed by atoms with van der Waals surface area (Å²) in [7, 11) is 0. The largest absolute Gasteiger partial charge is 0.374 e. The summed E-state index contributed by atoms with van der Waals surface area (Å²) in [5.41, 5.74) is 2.34. The number of piperazine rings is 1. The van der Waals surface area contributed by atoms with Gasteiger partial charge in [0.25, 0.3) is 0 Å². The lowest BCUT2D eigenvalue weighted by Crippen LogP contribution is -2.47. The van der Waals surface area contributed by atoms with Crippen LogP contribution in [0.5, 0.6) is 0 Å². The lowest BCUT2D eigenvalue weighted by Gasteiger charge is -2.37. The molecule has 1 fully saturated rings. The first kappa shape index (κ1) is 14.3. The zero-order chi connectivity index (χ0) is 14.5. The maximum Gasteiger partial charge on any atom is 0.133 e. The minimum atomic E-state index is -0.481. The minimum absolute atomic E-state index is 0.481. The molecule has 2 aromatic rings. The van der Waals surface area contributed by atoms with Crippen molar-refractivity contribution in [3.8, 4) is 0 Å². The number of rotatable bonds is 4. The molecule has 0 radical (unpaired) electrons. The van der Waals surface area contributed by atoms with Crippen molar-refractivity contribution in [2.24, 2.45) is 0 Å². The highest BCUT2D eigenvalue weighted by Crippen LogP contribution is 2.19. The van der Waals surface area contributed by atoms with Gasteiger partial charge in [-0.25, -0.2) is 0 Å². The van der Waals surface area contributed by atoms with Crippen LogP contribution in [-0.4, -0.2) is 41.1 Å². The number of hydrogen-bond donors (Lipinski definition) is 1. The molecule has 1 atom stereocenters. The van der Waals surface area contributed by atoms with E-state index in [1.54, 1.807) is 0 Å². The molecule has 1 saturated heterocycles. The van der Waals surface area contributed by atoms with E-state index >= 15 is 0 Å². The molecule has 1 aliphatic heterocycles. The first-order valence-corrected chi connectivity index (χ1v) is 7.56. The summed E-state index contributed by atoms with van der Waals surface area (Å²) in [4.78, 5) is 4.60. The monoisotopic (exact) mass is 282 g/mol. The van der Waals surface area contributed by atoms with Gasteiger partial charge in [0.1, 0.15) is 6.23 Å². The lowest BCUT2D eigenvalue weighted by molar-refractivity contribution is -0.0285. The molecule has 0 amide bonds. The molecule has 21 heavy (non-hydrogen) atoms. The van der Waals surface area contributed by atoms with Crippen LogP contribution in [0, 0.1) is 0 Å². The number of hydrogen-bond acceptors (Lipinski definition) is 3. The highest BCUT2D eigenvalue weighted by atomic mass is 16.3. The van der Waals surface area contributed by atoms with Gasteiger partial charge in [0.05, 0.1) is 0 Å². The zero-order valence-electron chi connectivity index (χ0n) is 12.2. The van der Waals surface area contributed by atoms with Gasteiger partial charge in [-0.2, -0.15) is 0 Å². The summed E-state index contributed by atoms with van der Waals surface area (Å²) in [5.74, 6) is 0. The van der Waals surface area contributed by atoms with Crippen molar-refractivity contribution in [1.82, 2.24) is 9.80 Å². The number of benzene rings is 2. The van der Waals surface area contributed by atoms with Gasteiger partial charge in [0, 0.05) is 32.7 Å². The smallest absolute Gasteiger partial charge is 0.133 e. The van der Waals surface area contributed by atoms with Crippen LogP contribution in [0.1, 0.15) is 17.4 Å². The third kappa shape index (κ3) is 3.70. The van der Waals surface area contributed by atoms with Crippen molar-refractivity contribution in [2.45, 2.75) is 12.8 Å². The van der Waals surface area contributed by atoms with E-state index in [0.29, 0.717) is 0 Å². The van der Waals surface area contributed by atoms with E-state index in [1.807, 2.05) is 30.3 Å². The molecule has 3 heteroatoms. The van der Waals surface area contributed by atoms with Gasteiger partial charge in [-0.05, 0) is 11.1 Å². The Labute approximate surface area is 126 Å². The summed E-state index contributed by atoms with van der Waals surface area (Å²) < 4.78 is 0. The fourth-order valence-corrected chi connectivity index (χ4v) is 2.84. The SMILES string of the molecule is OC(c1ccccc1)N1CCN(Cc2ccccc2)CC1. The predicted octanol–water partition coefficient (Wildman–Crippen LogP) is 2.50. The molecule has 0 aliphatic carbocycles. The topological polar surface area (TPSA) is 26.7 Å². The van der Waals surface area contributed by atoms with Gasteiger partial charge >= 0.3 is 0 Å². The Hall–Kier alpha value is -1.68. The van der Waals surface area contributed by atoms with Crippen molar-refractivity contribution in [1.29, 1.82) is 0 Å². The Morgan fingerprint density at radius 1 is 0.810 bits per heavy atom. The second-order valence-corrected chi connectivity index (χ2v) is 5.58. The fraction of sp³-hybridized carbons (Fsp3) is 0.333. The average molecular weight is 282 g/mol. The van der Waals surface area contributed by atoms with Crippen LogP contribution in [-0.2, 0) is 6.54 Å².